The second kappa shape index (κ2) is 13.1. The highest BCUT2D eigenvalue weighted by molar-refractivity contribution is 5.83. The minimum Gasteiger partial charge on any atom is -0.508 e. The number of carbonyl (C=O) groups is 3. The Bertz CT molecular complexity index is 1260. The lowest BCUT2D eigenvalue weighted by atomic mass is 9.65. The predicted molar refractivity (Wildman–Crippen MR) is 166 cm³/mol. The molecule has 0 aromatic heterocycles. The number of phenols is 1. The van der Waals surface area contributed by atoms with Crippen molar-refractivity contribution in [1.82, 2.24) is 0 Å². The first kappa shape index (κ1) is 34.1. The van der Waals surface area contributed by atoms with Crippen LogP contribution in [0.25, 0.3) is 0 Å². The molecular formula is C36H50O7. The molecule has 0 spiro atoms. The third-order valence-corrected chi connectivity index (χ3v) is 9.26. The van der Waals surface area contributed by atoms with Crippen LogP contribution < -0.4 is 4.74 Å². The van der Waals surface area contributed by atoms with Gasteiger partial charge < -0.3 is 19.3 Å². The number of phenolic OH excluding ortho intramolecular Hbond substituents is 1. The lowest BCUT2D eigenvalue weighted by Gasteiger charge is -2.42. The van der Waals surface area contributed by atoms with E-state index in [0.717, 1.165) is 37.7 Å². The molecule has 43 heavy (non-hydrogen) atoms. The zero-order valence-corrected chi connectivity index (χ0v) is 27.2. The highest BCUT2D eigenvalue weighted by Crippen LogP contribution is 2.48. The van der Waals surface area contributed by atoms with Crippen molar-refractivity contribution in [3.8, 4) is 11.5 Å². The van der Waals surface area contributed by atoms with E-state index in [1.54, 1.807) is 27.7 Å². The minimum atomic E-state index is -1.25. The van der Waals surface area contributed by atoms with Crippen molar-refractivity contribution in [2.75, 3.05) is 0 Å². The van der Waals surface area contributed by atoms with Crippen LogP contribution in [-0.2, 0) is 29.5 Å². The van der Waals surface area contributed by atoms with E-state index in [9.17, 15) is 19.5 Å². The molecule has 0 saturated heterocycles. The summed E-state index contributed by atoms with van der Waals surface area (Å²) in [7, 11) is 0. The first-order chi connectivity index (χ1) is 20.0. The highest BCUT2D eigenvalue weighted by atomic mass is 16.6. The molecule has 2 aromatic rings. The summed E-state index contributed by atoms with van der Waals surface area (Å²) < 4.78 is 18.1. The summed E-state index contributed by atoms with van der Waals surface area (Å²) >= 11 is 0. The van der Waals surface area contributed by atoms with Gasteiger partial charge in [0, 0.05) is 0 Å². The Labute approximate surface area is 257 Å². The summed E-state index contributed by atoms with van der Waals surface area (Å²) in [6.07, 6.45) is 5.07. The highest BCUT2D eigenvalue weighted by Gasteiger charge is 2.52. The topological polar surface area (TPSA) is 99.1 Å². The maximum Gasteiger partial charge on any atom is 0.317 e. The van der Waals surface area contributed by atoms with Gasteiger partial charge in [0.25, 0.3) is 0 Å². The number of rotatable bonds is 13. The van der Waals surface area contributed by atoms with Crippen LogP contribution in [0.15, 0.2) is 54.6 Å². The van der Waals surface area contributed by atoms with Crippen molar-refractivity contribution < 1.29 is 33.7 Å². The van der Waals surface area contributed by atoms with Gasteiger partial charge in [-0.3, -0.25) is 14.4 Å². The molecule has 3 rings (SSSR count). The Kier molecular flexibility index (Phi) is 10.4. The number of ether oxygens (including phenoxy) is 3. The Hall–Kier alpha value is -3.35. The van der Waals surface area contributed by atoms with Gasteiger partial charge in [0.15, 0.2) is 0 Å². The van der Waals surface area contributed by atoms with Crippen molar-refractivity contribution in [3.05, 3.63) is 60.2 Å². The summed E-state index contributed by atoms with van der Waals surface area (Å²) in [6, 6.07) is 15.4. The monoisotopic (exact) mass is 594 g/mol. The molecule has 0 amide bonds. The van der Waals surface area contributed by atoms with Gasteiger partial charge in [0.05, 0.1) is 16.2 Å². The molecule has 2 unspecified atom stereocenters. The SMILES string of the molecule is CCC1(OC(=O)C(C)(C)CC(C)(CC(C)(CC)C(=O)Oc2ccc(O)cc2)C(=O)OC(C)(C)c2ccccc2)CCCC1. The van der Waals surface area contributed by atoms with Gasteiger partial charge in [0.1, 0.15) is 22.7 Å². The van der Waals surface area contributed by atoms with Crippen molar-refractivity contribution in [2.24, 2.45) is 16.2 Å². The predicted octanol–water partition coefficient (Wildman–Crippen LogP) is 8.27. The summed E-state index contributed by atoms with van der Waals surface area (Å²) in [5, 5.41) is 9.63. The van der Waals surface area contributed by atoms with E-state index < -0.39 is 39.4 Å². The normalized spacial score (nSPS) is 17.8. The molecule has 2 aromatic carbocycles. The van der Waals surface area contributed by atoms with Crippen LogP contribution in [0.1, 0.15) is 112 Å². The molecular weight excluding hydrogens is 544 g/mol. The fourth-order valence-corrected chi connectivity index (χ4v) is 6.34. The fraction of sp³-hybridized carbons (Fsp3) is 0.583. The molecule has 7 heteroatoms. The number of hydrogen-bond acceptors (Lipinski definition) is 7. The third kappa shape index (κ3) is 8.18. The van der Waals surface area contributed by atoms with E-state index in [1.807, 2.05) is 58.0 Å². The van der Waals surface area contributed by atoms with E-state index in [0.29, 0.717) is 12.2 Å². The largest absolute Gasteiger partial charge is 0.508 e. The molecule has 0 radical (unpaired) electrons. The van der Waals surface area contributed by atoms with Crippen LogP contribution in [-0.4, -0.2) is 28.6 Å². The second-order valence-corrected chi connectivity index (χ2v) is 14.0. The molecule has 1 aliphatic rings. The maximum atomic E-state index is 14.3. The number of carbonyl (C=O) groups excluding carboxylic acids is 3. The van der Waals surface area contributed by atoms with Crippen LogP contribution in [0.2, 0.25) is 0 Å². The van der Waals surface area contributed by atoms with Crippen LogP contribution in [0.4, 0.5) is 0 Å². The van der Waals surface area contributed by atoms with Crippen molar-refractivity contribution >= 4 is 17.9 Å². The van der Waals surface area contributed by atoms with Gasteiger partial charge in [-0.2, -0.15) is 0 Å². The third-order valence-electron chi connectivity index (χ3n) is 9.26. The quantitative estimate of drug-likeness (QED) is 0.184. The van der Waals surface area contributed by atoms with Crippen LogP contribution in [0.3, 0.4) is 0 Å². The molecule has 1 aliphatic carbocycles. The molecule has 0 bridgehead atoms. The number of aromatic hydroxyl groups is 1. The van der Waals surface area contributed by atoms with Crippen LogP contribution in [0, 0.1) is 16.2 Å². The van der Waals surface area contributed by atoms with Gasteiger partial charge in [0.2, 0.25) is 0 Å². The number of hydrogen-bond donors (Lipinski definition) is 1. The zero-order chi connectivity index (χ0) is 32.1. The smallest absolute Gasteiger partial charge is 0.317 e. The Morgan fingerprint density at radius 1 is 0.767 bits per heavy atom. The molecule has 2 atom stereocenters. The molecule has 236 valence electrons. The second-order valence-electron chi connectivity index (χ2n) is 14.0. The Balaban J connectivity index is 1.95. The number of benzene rings is 2. The fourth-order valence-electron chi connectivity index (χ4n) is 6.34. The first-order valence-electron chi connectivity index (χ1n) is 15.5. The zero-order valence-electron chi connectivity index (χ0n) is 27.2. The average molecular weight is 595 g/mol. The standard InChI is InChI=1S/C36H50O7/c1-9-34(7,30(39)41-28-20-18-27(37)19-21-28)25-35(8,31(40)42-33(5,6)26-16-12-11-13-17-26)24-32(3,4)29(38)43-36(10-2)22-14-15-23-36/h11-13,16-21,37H,9-10,14-15,22-25H2,1-8H3. The summed E-state index contributed by atoms with van der Waals surface area (Å²) in [4.78, 5) is 41.7. The maximum absolute atomic E-state index is 14.3. The average Bonchev–Trinajstić information content (AvgIpc) is 3.43. The lowest BCUT2D eigenvalue weighted by Crippen LogP contribution is -2.47. The van der Waals surface area contributed by atoms with Crippen molar-refractivity contribution in [2.45, 2.75) is 118 Å². The Morgan fingerprint density at radius 2 is 1.35 bits per heavy atom. The van der Waals surface area contributed by atoms with Crippen LogP contribution >= 0.6 is 0 Å². The lowest BCUT2D eigenvalue weighted by molar-refractivity contribution is -0.181. The van der Waals surface area contributed by atoms with Gasteiger partial charge in [-0.05, 0) is 123 Å². The minimum absolute atomic E-state index is 0.0611. The molecule has 1 fully saturated rings. The summed E-state index contributed by atoms with van der Waals surface area (Å²) in [5.41, 5.74) is -3.95. The van der Waals surface area contributed by atoms with Crippen molar-refractivity contribution in [1.29, 1.82) is 0 Å². The Morgan fingerprint density at radius 3 is 1.88 bits per heavy atom. The molecule has 1 saturated carbocycles. The molecule has 7 nitrogen and oxygen atoms in total. The van der Waals surface area contributed by atoms with Crippen molar-refractivity contribution in [3.63, 3.8) is 0 Å². The van der Waals surface area contributed by atoms with E-state index in [4.69, 9.17) is 14.2 Å². The van der Waals surface area contributed by atoms with E-state index >= 15 is 0 Å². The van der Waals surface area contributed by atoms with E-state index in [2.05, 4.69) is 0 Å². The molecule has 0 aliphatic heterocycles. The summed E-state index contributed by atoms with van der Waals surface area (Å²) in [5.74, 6) is -0.987. The molecule has 1 N–H and O–H groups in total. The summed E-state index contributed by atoms with van der Waals surface area (Å²) in [6.45, 7) is 14.8. The van der Waals surface area contributed by atoms with E-state index in [-0.39, 0.29) is 24.6 Å². The van der Waals surface area contributed by atoms with Gasteiger partial charge >= 0.3 is 17.9 Å². The van der Waals surface area contributed by atoms with Gasteiger partial charge in [-0.25, -0.2) is 0 Å². The first-order valence-corrected chi connectivity index (χ1v) is 15.5. The molecule has 0 heterocycles. The number of esters is 3. The van der Waals surface area contributed by atoms with E-state index in [1.165, 1.54) is 24.3 Å². The van der Waals surface area contributed by atoms with Gasteiger partial charge in [-0.15, -0.1) is 0 Å². The van der Waals surface area contributed by atoms with Crippen LogP contribution in [0.5, 0.6) is 11.5 Å². The van der Waals surface area contributed by atoms with Gasteiger partial charge in [-0.1, -0.05) is 44.2 Å².